The number of para-hydroxylation sites is 1. The summed E-state index contributed by atoms with van der Waals surface area (Å²) in [6, 6.07) is 10.5. The number of carbonyl (C=O) groups is 2. The highest BCUT2D eigenvalue weighted by atomic mass is 16.6. The fourth-order valence-corrected chi connectivity index (χ4v) is 13.1. The number of aromatic nitrogens is 1. The second-order valence-corrected chi connectivity index (χ2v) is 17.1. The summed E-state index contributed by atoms with van der Waals surface area (Å²) in [6.07, 6.45) is 2.68. The molecule has 6 aliphatic heterocycles. The highest BCUT2D eigenvalue weighted by Gasteiger charge is 2.84. The van der Waals surface area contributed by atoms with Crippen molar-refractivity contribution >= 4 is 28.5 Å². The van der Waals surface area contributed by atoms with Gasteiger partial charge in [-0.1, -0.05) is 43.7 Å². The molecule has 1 aliphatic carbocycles. The minimum atomic E-state index is -2.33. The molecule has 12 heteroatoms. The average molecular weight is 739 g/mol. The summed E-state index contributed by atoms with van der Waals surface area (Å²) in [4.78, 5) is 39.4. The average Bonchev–Trinajstić information content (AvgIpc) is 3.66. The largest absolute Gasteiger partial charge is 0.508 e. The van der Waals surface area contributed by atoms with Gasteiger partial charge in [0.05, 0.1) is 32.5 Å². The minimum Gasteiger partial charge on any atom is -0.508 e. The van der Waals surface area contributed by atoms with Gasteiger partial charge in [0, 0.05) is 84.0 Å². The van der Waals surface area contributed by atoms with Crippen LogP contribution in [0, 0.1) is 11.3 Å². The van der Waals surface area contributed by atoms with Gasteiger partial charge in [-0.3, -0.25) is 14.6 Å². The molecule has 1 saturated carbocycles. The highest BCUT2D eigenvalue weighted by Crippen LogP contribution is 2.70. The smallest absolute Gasteiger partial charge is 0.342 e. The molecule has 0 radical (unpaired) electrons. The van der Waals surface area contributed by atoms with E-state index >= 15 is 0 Å². The first-order valence-corrected chi connectivity index (χ1v) is 19.5. The fourth-order valence-electron chi connectivity index (χ4n) is 13.1. The number of likely N-dealkylation sites (N-methyl/N-ethyl adjacent to an activating group) is 1. The van der Waals surface area contributed by atoms with E-state index in [1.54, 1.807) is 6.07 Å². The number of nitrogens with one attached hydrogen (secondary N) is 1. The van der Waals surface area contributed by atoms with Crippen molar-refractivity contribution in [1.82, 2.24) is 14.8 Å². The number of rotatable bonds is 5. The van der Waals surface area contributed by atoms with Gasteiger partial charge in [0.1, 0.15) is 17.3 Å². The van der Waals surface area contributed by atoms with Crippen molar-refractivity contribution in [3.05, 3.63) is 70.4 Å². The van der Waals surface area contributed by atoms with Crippen molar-refractivity contribution in [2.45, 2.75) is 92.9 Å². The number of piperidine rings is 1. The number of phenols is 1. The predicted octanol–water partition coefficient (Wildman–Crippen LogP) is 3.09. The highest BCUT2D eigenvalue weighted by molar-refractivity contribution is 5.95. The molecule has 4 fully saturated rings. The van der Waals surface area contributed by atoms with E-state index in [-0.39, 0.29) is 29.9 Å². The van der Waals surface area contributed by atoms with Gasteiger partial charge >= 0.3 is 11.9 Å². The number of phenolic OH excluding ortho intramolecular Hbond substituents is 1. The normalized spacial score (nSPS) is 40.0. The Morgan fingerprint density at radius 3 is 2.56 bits per heavy atom. The number of carbonyl (C=O) groups excluding carboxylic acids is 2. The van der Waals surface area contributed by atoms with Gasteiger partial charge in [-0.25, -0.2) is 4.79 Å². The predicted molar refractivity (Wildman–Crippen MR) is 199 cm³/mol. The number of aromatic amines is 1. The van der Waals surface area contributed by atoms with Crippen LogP contribution in [0.3, 0.4) is 0 Å². The van der Waals surface area contributed by atoms with E-state index in [0.717, 1.165) is 41.5 Å². The van der Waals surface area contributed by atoms with Gasteiger partial charge < -0.3 is 39.4 Å². The number of aromatic hydroxyl groups is 1. The number of aliphatic hydroxyl groups excluding tert-OH is 1. The number of benzene rings is 2. The first-order chi connectivity index (χ1) is 25.9. The van der Waals surface area contributed by atoms with Crippen LogP contribution in [-0.4, -0.2) is 125 Å². The second-order valence-electron chi connectivity index (χ2n) is 17.1. The van der Waals surface area contributed by atoms with Crippen LogP contribution in [0.15, 0.2) is 48.0 Å². The van der Waals surface area contributed by atoms with Crippen LogP contribution < -0.4 is 4.90 Å². The SMILES string of the molecule is CCC1=CC2CN(C1)Cc1c([nH]c3ccccc13)[C@@](C(=O)OC)(c1cc3c(cc1O)N(C)[C@H]1[C@@](O)(C(=O)OC)[C@H](O)[C@]4(CC)C5OC5CN5CC[C@]31[C@H]54)C2. The summed E-state index contributed by atoms with van der Waals surface area (Å²) in [5.74, 6) is -1.46. The van der Waals surface area contributed by atoms with E-state index < -0.39 is 45.9 Å². The number of aliphatic hydroxyl groups is 2. The van der Waals surface area contributed by atoms with Gasteiger partial charge in [0.25, 0.3) is 0 Å². The minimum absolute atomic E-state index is 0.0140. The lowest BCUT2D eigenvalue weighted by Crippen LogP contribution is -2.82. The van der Waals surface area contributed by atoms with E-state index in [2.05, 4.69) is 33.8 Å². The standard InChI is InChI=1S/C42H50N4O8/c1-6-22-14-23-17-41(37(49)52-4,32-25(20-45(18-22)19-23)24-10-8-9-11-28(24)43-32)27-15-26-29(16-30(27)47)44(3)35-40(26)12-13-46-21-31-33(54-31)39(7-2,34(40)46)36(48)42(35,51)38(50)53-5/h8-11,14-16,23,31,33-36,43,47-48,51H,6-7,12-13,17-21H2,1-5H3/t23?,31?,33?,34-,35-,36-,39-,40-,41+,42+/m1/s1. The lowest BCUT2D eigenvalue weighted by molar-refractivity contribution is -0.232. The molecule has 4 N–H and O–H groups in total. The number of anilines is 1. The Morgan fingerprint density at radius 2 is 1.81 bits per heavy atom. The Labute approximate surface area is 314 Å². The molecule has 2 bridgehead atoms. The van der Waals surface area contributed by atoms with Gasteiger partial charge in [-0.2, -0.15) is 0 Å². The molecule has 10 rings (SSSR count). The Morgan fingerprint density at radius 1 is 1.04 bits per heavy atom. The first kappa shape index (κ1) is 34.5. The fraction of sp³-hybridized carbons (Fsp3) is 0.571. The number of H-pyrrole nitrogens is 1. The number of esters is 2. The van der Waals surface area contributed by atoms with Crippen LogP contribution in [0.4, 0.5) is 5.69 Å². The maximum absolute atomic E-state index is 15.0. The number of hydrogen-bond acceptors (Lipinski definition) is 11. The van der Waals surface area contributed by atoms with Crippen molar-refractivity contribution in [2.24, 2.45) is 11.3 Å². The molecular formula is C42H50N4O8. The molecule has 0 amide bonds. The van der Waals surface area contributed by atoms with Crippen LogP contribution in [0.2, 0.25) is 0 Å². The van der Waals surface area contributed by atoms with E-state index in [1.807, 2.05) is 43.1 Å². The first-order valence-electron chi connectivity index (χ1n) is 19.5. The van der Waals surface area contributed by atoms with Crippen LogP contribution in [-0.2, 0) is 41.2 Å². The Hall–Kier alpha value is -3.94. The van der Waals surface area contributed by atoms with Crippen LogP contribution >= 0.6 is 0 Å². The van der Waals surface area contributed by atoms with Crippen LogP contribution in [0.25, 0.3) is 10.9 Å². The molecule has 1 aromatic heterocycles. The van der Waals surface area contributed by atoms with Crippen molar-refractivity contribution in [3.8, 4) is 5.75 Å². The number of ether oxygens (including phenoxy) is 3. The molecule has 4 unspecified atom stereocenters. The zero-order chi connectivity index (χ0) is 37.7. The Kier molecular flexibility index (Phi) is 7.24. The molecule has 3 aromatic rings. The van der Waals surface area contributed by atoms with E-state index in [0.29, 0.717) is 55.8 Å². The molecule has 11 atom stereocenters. The summed E-state index contributed by atoms with van der Waals surface area (Å²) in [7, 11) is 4.47. The third kappa shape index (κ3) is 3.91. The monoisotopic (exact) mass is 738 g/mol. The summed E-state index contributed by atoms with van der Waals surface area (Å²) < 4.78 is 17.4. The molecule has 7 heterocycles. The maximum atomic E-state index is 15.0. The van der Waals surface area contributed by atoms with Crippen molar-refractivity contribution < 1.29 is 39.1 Å². The third-order valence-corrected chi connectivity index (χ3v) is 15.1. The second kappa shape index (κ2) is 11.3. The molecule has 54 heavy (non-hydrogen) atoms. The maximum Gasteiger partial charge on any atom is 0.342 e. The topological polar surface area (TPSA) is 151 Å². The molecule has 3 saturated heterocycles. The summed E-state index contributed by atoms with van der Waals surface area (Å²) >= 11 is 0. The summed E-state index contributed by atoms with van der Waals surface area (Å²) in [5.41, 5.74) is 0.178. The number of methoxy groups -OCH3 is 2. The zero-order valence-electron chi connectivity index (χ0n) is 31.6. The molecule has 286 valence electrons. The molecule has 7 aliphatic rings. The van der Waals surface area contributed by atoms with Crippen LogP contribution in [0.1, 0.15) is 61.9 Å². The summed E-state index contributed by atoms with van der Waals surface area (Å²) in [5, 5.41) is 38.9. The molecular weight excluding hydrogens is 688 g/mol. The van der Waals surface area contributed by atoms with E-state index in [9.17, 15) is 24.9 Å². The zero-order valence-corrected chi connectivity index (χ0v) is 31.6. The van der Waals surface area contributed by atoms with Crippen molar-refractivity contribution in [1.29, 1.82) is 0 Å². The van der Waals surface area contributed by atoms with Gasteiger partial charge in [-0.15, -0.1) is 0 Å². The third-order valence-electron chi connectivity index (χ3n) is 15.1. The number of nitrogens with zero attached hydrogens (tertiary/aromatic N) is 3. The Bertz CT molecular complexity index is 2150. The number of epoxide rings is 1. The molecule has 2 aromatic carbocycles. The van der Waals surface area contributed by atoms with Crippen LogP contribution in [0.5, 0.6) is 5.75 Å². The molecule has 12 nitrogen and oxygen atoms in total. The summed E-state index contributed by atoms with van der Waals surface area (Å²) in [6.45, 7) is 7.75. The number of hydrogen-bond donors (Lipinski definition) is 4. The molecule has 1 spiro atoms. The Balaban J connectivity index is 1.27. The lowest BCUT2D eigenvalue weighted by Gasteiger charge is -2.63. The van der Waals surface area contributed by atoms with Gasteiger partial charge in [0.2, 0.25) is 5.60 Å². The van der Waals surface area contributed by atoms with E-state index in [1.165, 1.54) is 19.8 Å². The van der Waals surface area contributed by atoms with Crippen molar-refractivity contribution in [3.63, 3.8) is 0 Å². The quantitative estimate of drug-likeness (QED) is 0.174. The van der Waals surface area contributed by atoms with Gasteiger partial charge in [-0.05, 0) is 61.4 Å². The lowest BCUT2D eigenvalue weighted by atomic mass is 9.46. The van der Waals surface area contributed by atoms with Crippen molar-refractivity contribution in [2.75, 3.05) is 52.3 Å². The van der Waals surface area contributed by atoms with Gasteiger partial charge in [0.15, 0.2) is 0 Å². The number of fused-ring (bicyclic) bond motifs is 8. The van der Waals surface area contributed by atoms with E-state index in [4.69, 9.17) is 14.2 Å².